The molecule has 1 heterocycles. The average molecular weight is 176 g/mol. The molecule has 1 aliphatic rings. The number of aryl methyl sites for hydroxylation is 1. The molecule has 0 atom stereocenters. The van der Waals surface area contributed by atoms with Crippen molar-refractivity contribution in [2.45, 2.75) is 26.4 Å². The quantitative estimate of drug-likeness (QED) is 0.606. The number of ketones is 1. The number of ether oxygens (including phenoxy) is 1. The Kier molecular flexibility index (Phi) is 1.50. The van der Waals surface area contributed by atoms with E-state index in [1.165, 1.54) is 0 Å². The van der Waals surface area contributed by atoms with Gasteiger partial charge < -0.3 is 4.74 Å². The maximum atomic E-state index is 11.7. The molecule has 1 aliphatic heterocycles. The first-order valence-corrected chi connectivity index (χ1v) is 4.35. The monoisotopic (exact) mass is 176 g/mol. The summed E-state index contributed by atoms with van der Waals surface area (Å²) in [5.41, 5.74) is 1.12. The summed E-state index contributed by atoms with van der Waals surface area (Å²) in [5, 5.41) is 0. The van der Waals surface area contributed by atoms with Crippen LogP contribution in [0.4, 0.5) is 0 Å². The standard InChI is InChI=1S/C11H12O2/c1-7-4-5-9-8(6-7)10(12)11(2,3)13-9/h4-6H,1-3H3. The van der Waals surface area contributed by atoms with Crippen molar-refractivity contribution >= 4 is 5.78 Å². The zero-order valence-electron chi connectivity index (χ0n) is 8.05. The van der Waals surface area contributed by atoms with Gasteiger partial charge >= 0.3 is 0 Å². The fourth-order valence-corrected chi connectivity index (χ4v) is 1.56. The van der Waals surface area contributed by atoms with E-state index < -0.39 is 5.60 Å². The van der Waals surface area contributed by atoms with E-state index in [-0.39, 0.29) is 5.78 Å². The molecular weight excluding hydrogens is 164 g/mol. The molecule has 0 amide bonds. The van der Waals surface area contributed by atoms with Crippen LogP contribution in [0, 0.1) is 6.92 Å². The summed E-state index contributed by atoms with van der Waals surface area (Å²) >= 11 is 0. The average Bonchev–Trinajstić information content (AvgIpc) is 2.26. The Hall–Kier alpha value is -1.31. The predicted octanol–water partition coefficient (Wildman–Crippen LogP) is 2.35. The molecule has 0 saturated carbocycles. The van der Waals surface area contributed by atoms with Crippen LogP contribution >= 0.6 is 0 Å². The van der Waals surface area contributed by atoms with E-state index in [1.54, 1.807) is 13.8 Å². The van der Waals surface area contributed by atoms with Gasteiger partial charge in [0.25, 0.3) is 0 Å². The number of benzene rings is 1. The molecule has 2 nitrogen and oxygen atoms in total. The third-order valence-electron chi connectivity index (χ3n) is 2.29. The van der Waals surface area contributed by atoms with Crippen molar-refractivity contribution in [3.05, 3.63) is 29.3 Å². The van der Waals surface area contributed by atoms with E-state index in [0.717, 1.165) is 5.56 Å². The molecule has 0 saturated heterocycles. The van der Waals surface area contributed by atoms with Crippen molar-refractivity contribution in [2.75, 3.05) is 0 Å². The molecular formula is C11H12O2. The third kappa shape index (κ3) is 1.13. The lowest BCUT2D eigenvalue weighted by Crippen LogP contribution is -2.31. The van der Waals surface area contributed by atoms with Gasteiger partial charge in [0.2, 0.25) is 5.78 Å². The lowest BCUT2D eigenvalue weighted by atomic mass is 9.99. The Bertz CT molecular complexity index is 378. The molecule has 13 heavy (non-hydrogen) atoms. The van der Waals surface area contributed by atoms with E-state index in [2.05, 4.69) is 0 Å². The number of hydrogen-bond donors (Lipinski definition) is 0. The van der Waals surface area contributed by atoms with Gasteiger partial charge in [-0.15, -0.1) is 0 Å². The van der Waals surface area contributed by atoms with E-state index in [4.69, 9.17) is 4.74 Å². The number of rotatable bonds is 0. The molecule has 0 unspecified atom stereocenters. The van der Waals surface area contributed by atoms with Crippen molar-refractivity contribution in [2.24, 2.45) is 0 Å². The first-order valence-electron chi connectivity index (χ1n) is 4.35. The van der Waals surface area contributed by atoms with Gasteiger partial charge in [-0.2, -0.15) is 0 Å². The van der Waals surface area contributed by atoms with Gasteiger partial charge in [0.15, 0.2) is 5.60 Å². The first kappa shape index (κ1) is 8.30. The van der Waals surface area contributed by atoms with Crippen molar-refractivity contribution in [3.63, 3.8) is 0 Å². The molecule has 2 rings (SSSR count). The van der Waals surface area contributed by atoms with Crippen LogP contribution < -0.4 is 4.74 Å². The van der Waals surface area contributed by atoms with Crippen LogP contribution in [-0.4, -0.2) is 11.4 Å². The highest BCUT2D eigenvalue weighted by Gasteiger charge is 2.39. The van der Waals surface area contributed by atoms with Gasteiger partial charge in [0, 0.05) is 0 Å². The van der Waals surface area contributed by atoms with Gasteiger partial charge in [-0.1, -0.05) is 11.6 Å². The minimum Gasteiger partial charge on any atom is -0.479 e. The second-order valence-corrected chi connectivity index (χ2v) is 3.94. The number of hydrogen-bond acceptors (Lipinski definition) is 2. The maximum absolute atomic E-state index is 11.7. The lowest BCUT2D eigenvalue weighted by Gasteiger charge is -2.14. The van der Waals surface area contributed by atoms with Crippen molar-refractivity contribution in [1.82, 2.24) is 0 Å². The first-order chi connectivity index (χ1) is 6.00. The largest absolute Gasteiger partial charge is 0.479 e. The highest BCUT2D eigenvalue weighted by Crippen LogP contribution is 2.34. The summed E-state index contributed by atoms with van der Waals surface area (Å²) in [4.78, 5) is 11.7. The number of carbonyl (C=O) groups is 1. The second-order valence-electron chi connectivity index (χ2n) is 3.94. The molecule has 0 aromatic heterocycles. The van der Waals surface area contributed by atoms with Gasteiger partial charge in [-0.3, -0.25) is 4.79 Å². The van der Waals surface area contributed by atoms with Gasteiger partial charge in [-0.05, 0) is 32.9 Å². The zero-order valence-corrected chi connectivity index (χ0v) is 8.05. The van der Waals surface area contributed by atoms with Gasteiger partial charge in [0.1, 0.15) is 5.75 Å². The predicted molar refractivity (Wildman–Crippen MR) is 50.2 cm³/mol. The van der Waals surface area contributed by atoms with Crippen LogP contribution in [0.1, 0.15) is 29.8 Å². The second kappa shape index (κ2) is 2.34. The van der Waals surface area contributed by atoms with Gasteiger partial charge in [-0.25, -0.2) is 0 Å². The van der Waals surface area contributed by atoms with E-state index in [1.807, 2.05) is 25.1 Å². The molecule has 0 fully saturated rings. The SMILES string of the molecule is Cc1ccc2c(c1)C(=O)C(C)(C)O2. The summed E-state index contributed by atoms with van der Waals surface area (Å²) in [6.07, 6.45) is 0. The molecule has 0 N–H and O–H groups in total. The minimum absolute atomic E-state index is 0.0752. The highest BCUT2D eigenvalue weighted by molar-refractivity contribution is 6.07. The fraction of sp³-hybridized carbons (Fsp3) is 0.364. The van der Waals surface area contributed by atoms with E-state index in [9.17, 15) is 4.79 Å². The Morgan fingerprint density at radius 2 is 2.00 bits per heavy atom. The number of fused-ring (bicyclic) bond motifs is 1. The van der Waals surface area contributed by atoms with Crippen LogP contribution in [0.2, 0.25) is 0 Å². The Labute approximate surface area is 77.5 Å². The minimum atomic E-state index is -0.684. The molecule has 68 valence electrons. The Balaban J connectivity index is 2.57. The number of carbonyl (C=O) groups excluding carboxylic acids is 1. The maximum Gasteiger partial charge on any atom is 0.209 e. The summed E-state index contributed by atoms with van der Waals surface area (Å²) < 4.78 is 5.51. The van der Waals surface area contributed by atoms with E-state index >= 15 is 0 Å². The van der Waals surface area contributed by atoms with Gasteiger partial charge in [0.05, 0.1) is 5.56 Å². The summed E-state index contributed by atoms with van der Waals surface area (Å²) in [6.45, 7) is 5.56. The Morgan fingerprint density at radius 3 is 2.69 bits per heavy atom. The van der Waals surface area contributed by atoms with Crippen LogP contribution in [0.5, 0.6) is 5.75 Å². The van der Waals surface area contributed by atoms with Crippen molar-refractivity contribution < 1.29 is 9.53 Å². The normalized spacial score (nSPS) is 18.2. The summed E-state index contributed by atoms with van der Waals surface area (Å²) in [6, 6.07) is 5.69. The Morgan fingerprint density at radius 1 is 1.31 bits per heavy atom. The fourth-order valence-electron chi connectivity index (χ4n) is 1.56. The molecule has 0 radical (unpaired) electrons. The van der Waals surface area contributed by atoms with Crippen molar-refractivity contribution in [1.29, 1.82) is 0 Å². The highest BCUT2D eigenvalue weighted by atomic mass is 16.5. The van der Waals surface area contributed by atoms with Crippen LogP contribution in [0.3, 0.4) is 0 Å². The molecule has 0 aliphatic carbocycles. The molecule has 1 aromatic rings. The zero-order chi connectivity index (χ0) is 9.64. The topological polar surface area (TPSA) is 26.3 Å². The lowest BCUT2D eigenvalue weighted by molar-refractivity contribution is 0.0684. The molecule has 1 aromatic carbocycles. The molecule has 0 bridgehead atoms. The van der Waals surface area contributed by atoms with Crippen LogP contribution in [0.25, 0.3) is 0 Å². The molecule has 0 spiro atoms. The van der Waals surface area contributed by atoms with E-state index in [0.29, 0.717) is 11.3 Å². The smallest absolute Gasteiger partial charge is 0.209 e. The van der Waals surface area contributed by atoms with Crippen LogP contribution in [-0.2, 0) is 0 Å². The third-order valence-corrected chi connectivity index (χ3v) is 2.29. The number of Topliss-reactive ketones (excluding diaryl/α,β-unsaturated/α-hetero) is 1. The molecule has 2 heteroatoms. The van der Waals surface area contributed by atoms with Crippen molar-refractivity contribution in [3.8, 4) is 5.75 Å². The summed E-state index contributed by atoms with van der Waals surface area (Å²) in [5.74, 6) is 0.784. The van der Waals surface area contributed by atoms with Crippen LogP contribution in [0.15, 0.2) is 18.2 Å². The summed E-state index contributed by atoms with van der Waals surface area (Å²) in [7, 11) is 0.